The van der Waals surface area contributed by atoms with Gasteiger partial charge in [0, 0.05) is 52.1 Å². The number of carbonyl (C=O) groups excluding carboxylic acids is 4. The number of nitrogens with zero attached hydrogens (tertiary/aromatic N) is 2. The first kappa shape index (κ1) is 55.5. The van der Waals surface area contributed by atoms with Crippen molar-refractivity contribution in [1.29, 1.82) is 0 Å². The van der Waals surface area contributed by atoms with Crippen LogP contribution in [-0.2, 0) is 19.2 Å². The summed E-state index contributed by atoms with van der Waals surface area (Å²) in [4.78, 5) is 55.2. The van der Waals surface area contributed by atoms with Crippen LogP contribution >= 0.6 is 0 Å². The van der Waals surface area contributed by atoms with E-state index in [0.717, 1.165) is 70.6 Å². The third-order valence-corrected chi connectivity index (χ3v) is 10.8. The Morgan fingerprint density at radius 2 is 0.828 bits per heavy atom. The van der Waals surface area contributed by atoms with Crippen LogP contribution in [0.4, 0.5) is 0 Å². The molecule has 0 spiro atoms. The van der Waals surface area contributed by atoms with E-state index in [2.05, 4.69) is 36.6 Å². The van der Waals surface area contributed by atoms with Crippen LogP contribution in [-0.4, -0.2) is 97.9 Å². The quantitative estimate of drug-likeness (QED) is 0.0280. The van der Waals surface area contributed by atoms with Gasteiger partial charge in [-0.15, -0.1) is 0 Å². The van der Waals surface area contributed by atoms with Crippen molar-refractivity contribution in [3.8, 4) is 0 Å². The highest BCUT2D eigenvalue weighted by Crippen LogP contribution is 2.12. The first-order valence-electron chi connectivity index (χ1n) is 23.9. The summed E-state index contributed by atoms with van der Waals surface area (Å²) >= 11 is 0. The topological polar surface area (TPSA) is 203 Å². The average molecular weight is 821 g/mol. The molecule has 0 aromatic heterocycles. The fourth-order valence-corrected chi connectivity index (χ4v) is 7.07. The Bertz CT molecular complexity index is 1030. The maximum Gasteiger partial charge on any atom is 0.239 e. The molecule has 0 saturated heterocycles. The Morgan fingerprint density at radius 3 is 1.26 bits per heavy atom. The molecule has 0 unspecified atom stereocenters. The molecular formula is C46H92N8O4. The maximum atomic E-state index is 13.5. The number of nitrogens with two attached hydrogens (primary N) is 4. The number of unbranched alkanes of at least 4 members (excludes halogenated alkanes) is 16. The van der Waals surface area contributed by atoms with E-state index in [0.29, 0.717) is 104 Å². The molecule has 10 N–H and O–H groups in total. The number of amides is 4. The molecule has 0 rings (SSSR count). The van der Waals surface area contributed by atoms with Crippen LogP contribution in [0, 0.1) is 0 Å². The van der Waals surface area contributed by atoms with Crippen molar-refractivity contribution < 1.29 is 19.2 Å². The van der Waals surface area contributed by atoms with E-state index in [1.54, 1.807) is 0 Å². The van der Waals surface area contributed by atoms with Crippen molar-refractivity contribution in [3.63, 3.8) is 0 Å². The van der Waals surface area contributed by atoms with Gasteiger partial charge >= 0.3 is 0 Å². The highest BCUT2D eigenvalue weighted by molar-refractivity contribution is 5.82. The molecule has 0 aromatic carbocycles. The summed E-state index contributed by atoms with van der Waals surface area (Å²) in [5.41, 5.74) is 24.0. The molecule has 58 heavy (non-hydrogen) atoms. The number of hydrogen-bond acceptors (Lipinski definition) is 8. The molecule has 4 amide bonds. The zero-order chi connectivity index (χ0) is 42.9. The Balaban J connectivity index is 4.78. The lowest BCUT2D eigenvalue weighted by Crippen LogP contribution is -2.46. The smallest absolute Gasteiger partial charge is 0.239 e. The minimum Gasteiger partial charge on any atom is -0.356 e. The lowest BCUT2D eigenvalue weighted by molar-refractivity contribution is -0.134. The van der Waals surface area contributed by atoms with Crippen LogP contribution < -0.4 is 33.6 Å². The molecular weight excluding hydrogens is 729 g/mol. The molecule has 0 bridgehead atoms. The van der Waals surface area contributed by atoms with Gasteiger partial charge in [0.2, 0.25) is 23.6 Å². The molecule has 0 aliphatic heterocycles. The van der Waals surface area contributed by atoms with Crippen LogP contribution in [0.2, 0.25) is 0 Å². The van der Waals surface area contributed by atoms with Gasteiger partial charge in [0.15, 0.2) is 0 Å². The van der Waals surface area contributed by atoms with Crippen LogP contribution in [0.3, 0.4) is 0 Å². The fourth-order valence-electron chi connectivity index (χ4n) is 7.07. The van der Waals surface area contributed by atoms with Crippen molar-refractivity contribution in [2.75, 3.05) is 52.4 Å². The SMILES string of the molecule is CCCCCCCC/C=C\CCCCCCCC(=O)NCCCN(CCCCN(CCCNC(=O)CCCCC)C(=O)[C@@H](N)CCCCN)C(=O)[C@@H](N)CCCCN. The van der Waals surface area contributed by atoms with Crippen molar-refractivity contribution >= 4 is 23.6 Å². The molecule has 12 heteroatoms. The van der Waals surface area contributed by atoms with Gasteiger partial charge in [-0.1, -0.05) is 103 Å². The van der Waals surface area contributed by atoms with E-state index < -0.39 is 12.1 Å². The molecule has 12 nitrogen and oxygen atoms in total. The van der Waals surface area contributed by atoms with Crippen molar-refractivity contribution in [1.82, 2.24) is 20.4 Å². The van der Waals surface area contributed by atoms with Gasteiger partial charge in [0.25, 0.3) is 0 Å². The standard InChI is InChI=1S/C46H92N8O4/c1-3-5-7-8-9-10-11-12-13-14-15-16-17-18-20-32-44(56)52-36-28-40-54(46(58)42(50)30-22-24-34-48)38-26-25-37-53(45(57)41(49)29-21-23-33-47)39-27-35-51-43(55)31-19-6-4-2/h12-13,41-42H,3-11,14-40,47-50H2,1-2H3,(H,51,55)(H,52,56)/b13-12-/t41-,42-/m0/s1. The molecule has 340 valence electrons. The van der Waals surface area contributed by atoms with E-state index in [-0.39, 0.29) is 23.6 Å². The second-order valence-corrected chi connectivity index (χ2v) is 16.3. The normalized spacial score (nSPS) is 12.4. The molecule has 0 aliphatic rings. The first-order chi connectivity index (χ1) is 28.2. The minimum atomic E-state index is -0.593. The number of nitrogens with one attached hydrogen (secondary N) is 2. The first-order valence-corrected chi connectivity index (χ1v) is 23.9. The van der Waals surface area contributed by atoms with Gasteiger partial charge in [-0.3, -0.25) is 19.2 Å². The van der Waals surface area contributed by atoms with E-state index in [9.17, 15) is 19.2 Å². The number of rotatable bonds is 42. The zero-order valence-electron chi connectivity index (χ0n) is 37.6. The van der Waals surface area contributed by atoms with Crippen LogP contribution in [0.1, 0.15) is 194 Å². The molecule has 0 heterocycles. The summed E-state index contributed by atoms with van der Waals surface area (Å²) in [6.07, 6.45) is 31.8. The lowest BCUT2D eigenvalue weighted by Gasteiger charge is -2.28. The highest BCUT2D eigenvalue weighted by Gasteiger charge is 2.23. The van der Waals surface area contributed by atoms with E-state index in [4.69, 9.17) is 22.9 Å². The fraction of sp³-hybridized carbons (Fsp3) is 0.870. The lowest BCUT2D eigenvalue weighted by atomic mass is 10.1. The summed E-state index contributed by atoms with van der Waals surface area (Å²) < 4.78 is 0. The summed E-state index contributed by atoms with van der Waals surface area (Å²) in [7, 11) is 0. The predicted molar refractivity (Wildman–Crippen MR) is 243 cm³/mol. The Labute approximate surface area is 355 Å². The summed E-state index contributed by atoms with van der Waals surface area (Å²) in [5, 5.41) is 6.02. The number of hydrogen-bond donors (Lipinski definition) is 6. The van der Waals surface area contributed by atoms with Gasteiger partial charge in [-0.25, -0.2) is 0 Å². The Kier molecular flexibility index (Phi) is 39.4. The van der Waals surface area contributed by atoms with Crippen molar-refractivity contribution in [2.24, 2.45) is 22.9 Å². The minimum absolute atomic E-state index is 0.0498. The second-order valence-electron chi connectivity index (χ2n) is 16.3. The molecule has 0 fully saturated rings. The zero-order valence-corrected chi connectivity index (χ0v) is 37.6. The molecule has 2 atom stereocenters. The maximum absolute atomic E-state index is 13.5. The van der Waals surface area contributed by atoms with Crippen LogP contribution in [0.15, 0.2) is 12.2 Å². The number of allylic oxidation sites excluding steroid dienone is 2. The molecule has 0 aliphatic carbocycles. The van der Waals surface area contributed by atoms with E-state index >= 15 is 0 Å². The van der Waals surface area contributed by atoms with Gasteiger partial charge in [0.1, 0.15) is 0 Å². The monoisotopic (exact) mass is 821 g/mol. The second kappa shape index (κ2) is 41.2. The Morgan fingerprint density at radius 1 is 0.466 bits per heavy atom. The van der Waals surface area contributed by atoms with Crippen LogP contribution in [0.5, 0.6) is 0 Å². The summed E-state index contributed by atoms with van der Waals surface area (Å²) in [6, 6.07) is -1.18. The van der Waals surface area contributed by atoms with Crippen molar-refractivity contribution in [2.45, 2.75) is 206 Å². The third-order valence-electron chi connectivity index (χ3n) is 10.8. The van der Waals surface area contributed by atoms with Gasteiger partial charge < -0.3 is 43.4 Å². The summed E-state index contributed by atoms with van der Waals surface area (Å²) in [5.74, 6) is -0.0512. The van der Waals surface area contributed by atoms with Gasteiger partial charge in [-0.2, -0.15) is 0 Å². The van der Waals surface area contributed by atoms with E-state index in [1.165, 1.54) is 57.8 Å². The predicted octanol–water partition coefficient (Wildman–Crippen LogP) is 6.97. The van der Waals surface area contributed by atoms with E-state index in [1.807, 2.05) is 9.80 Å². The largest absolute Gasteiger partial charge is 0.356 e. The van der Waals surface area contributed by atoms with Crippen molar-refractivity contribution in [3.05, 3.63) is 12.2 Å². The molecule has 0 aromatic rings. The van der Waals surface area contributed by atoms with Gasteiger partial charge in [-0.05, 0) is 103 Å². The molecule has 0 saturated carbocycles. The Hall–Kier alpha value is -2.54. The van der Waals surface area contributed by atoms with Crippen LogP contribution in [0.25, 0.3) is 0 Å². The number of carbonyl (C=O) groups is 4. The highest BCUT2D eigenvalue weighted by atomic mass is 16.2. The summed E-state index contributed by atoms with van der Waals surface area (Å²) in [6.45, 7) is 8.57. The van der Waals surface area contributed by atoms with Gasteiger partial charge in [0.05, 0.1) is 12.1 Å². The third kappa shape index (κ3) is 33.3. The molecule has 0 radical (unpaired) electrons. The average Bonchev–Trinajstić information content (AvgIpc) is 3.21.